The number of halogens is 1. The molecule has 0 aliphatic carbocycles. The highest BCUT2D eigenvalue weighted by molar-refractivity contribution is 5.83. The van der Waals surface area contributed by atoms with Gasteiger partial charge in [0, 0.05) is 18.7 Å². The Morgan fingerprint density at radius 1 is 1.32 bits per heavy atom. The first kappa shape index (κ1) is 22.1. The average molecular weight is 468 g/mol. The van der Waals surface area contributed by atoms with E-state index < -0.39 is 11.7 Å². The zero-order chi connectivity index (χ0) is 24.0. The molecule has 0 bridgehead atoms. The number of anilines is 1. The second-order valence-corrected chi connectivity index (χ2v) is 8.96. The van der Waals surface area contributed by atoms with E-state index in [1.807, 2.05) is 6.92 Å². The lowest BCUT2D eigenvalue weighted by molar-refractivity contribution is -0.131. The molecule has 2 aliphatic heterocycles. The van der Waals surface area contributed by atoms with Crippen molar-refractivity contribution in [2.24, 2.45) is 7.05 Å². The van der Waals surface area contributed by atoms with Crippen molar-refractivity contribution in [1.29, 1.82) is 0 Å². The summed E-state index contributed by atoms with van der Waals surface area (Å²) >= 11 is 0. The number of hydrogen-bond acceptors (Lipinski definition) is 9. The first-order valence-corrected chi connectivity index (χ1v) is 11.2. The van der Waals surface area contributed by atoms with Crippen LogP contribution in [0, 0.1) is 12.7 Å². The molecule has 0 aromatic carbocycles. The van der Waals surface area contributed by atoms with Gasteiger partial charge in [-0.3, -0.25) is 4.79 Å². The first-order valence-electron chi connectivity index (χ1n) is 11.2. The number of methoxy groups -OCH3 is 1. The van der Waals surface area contributed by atoms with Gasteiger partial charge in [-0.15, -0.1) is 10.2 Å². The van der Waals surface area contributed by atoms with Crippen LogP contribution in [0.3, 0.4) is 0 Å². The zero-order valence-corrected chi connectivity index (χ0v) is 19.5. The number of rotatable bonds is 4. The fourth-order valence-corrected chi connectivity index (χ4v) is 4.77. The number of hydrogen-bond donors (Lipinski definition) is 1. The van der Waals surface area contributed by atoms with E-state index in [2.05, 4.69) is 36.8 Å². The number of tetrazole rings is 1. The summed E-state index contributed by atoms with van der Waals surface area (Å²) < 4.78 is 19.3. The predicted octanol–water partition coefficient (Wildman–Crippen LogP) is 1.65. The van der Waals surface area contributed by atoms with E-state index in [0.717, 1.165) is 48.1 Å². The van der Waals surface area contributed by atoms with Crippen molar-refractivity contribution >= 4 is 11.7 Å². The van der Waals surface area contributed by atoms with E-state index >= 15 is 0 Å². The summed E-state index contributed by atoms with van der Waals surface area (Å²) in [5.74, 6) is -0.155. The summed E-state index contributed by atoms with van der Waals surface area (Å²) in [6.07, 6.45) is 3.49. The molecule has 2 atom stereocenters. The predicted molar refractivity (Wildman–Crippen MR) is 120 cm³/mol. The maximum absolute atomic E-state index is 14.3. The topological polar surface area (TPSA) is 124 Å². The number of amides is 1. The third kappa shape index (κ3) is 3.82. The Morgan fingerprint density at radius 2 is 2.15 bits per heavy atom. The fraction of sp³-hybridized carbons (Fsp3) is 0.500. The van der Waals surface area contributed by atoms with Crippen molar-refractivity contribution in [3.05, 3.63) is 35.0 Å². The van der Waals surface area contributed by atoms with Crippen LogP contribution in [-0.4, -0.2) is 71.7 Å². The van der Waals surface area contributed by atoms with Gasteiger partial charge in [0.25, 0.3) is 0 Å². The van der Waals surface area contributed by atoms with Gasteiger partial charge in [0.15, 0.2) is 5.82 Å². The van der Waals surface area contributed by atoms with E-state index in [1.54, 1.807) is 18.9 Å². The standard InChI is InChI=1S/C22H26FN9O2/c1-12(17-16(23)10-24-21(26-17)34-4)20(33)32-8-7-22(11-32)6-5-14-9-15(13(2)25-18(14)27-22)19-28-30-31(3)29-19/h9-10,12H,5-8,11H2,1-4H3,(H,25,27)/t12-,22+/m1/s1. The number of carbonyl (C=O) groups excluding carboxylic acids is 1. The highest BCUT2D eigenvalue weighted by Crippen LogP contribution is 2.38. The monoisotopic (exact) mass is 467 g/mol. The van der Waals surface area contributed by atoms with Gasteiger partial charge in [-0.1, -0.05) is 0 Å². The summed E-state index contributed by atoms with van der Waals surface area (Å²) in [5, 5.41) is 15.9. The van der Waals surface area contributed by atoms with Crippen LogP contribution in [-0.2, 0) is 18.3 Å². The molecule has 0 saturated carbocycles. The van der Waals surface area contributed by atoms with Crippen LogP contribution < -0.4 is 10.1 Å². The van der Waals surface area contributed by atoms with Gasteiger partial charge in [0.1, 0.15) is 5.82 Å². The van der Waals surface area contributed by atoms with Crippen LogP contribution >= 0.6 is 0 Å². The first-order chi connectivity index (χ1) is 16.3. The molecule has 12 heteroatoms. The molecule has 1 amide bonds. The number of aromatic nitrogens is 7. The summed E-state index contributed by atoms with van der Waals surface area (Å²) in [6.45, 7) is 4.68. The molecule has 3 aromatic rings. The fourth-order valence-electron chi connectivity index (χ4n) is 4.77. The van der Waals surface area contributed by atoms with Crippen LogP contribution in [0.1, 0.15) is 42.6 Å². The molecule has 1 N–H and O–H groups in total. The van der Waals surface area contributed by atoms with E-state index in [1.165, 1.54) is 11.9 Å². The Kier molecular flexibility index (Phi) is 5.37. The minimum absolute atomic E-state index is 0.0389. The van der Waals surface area contributed by atoms with Gasteiger partial charge < -0.3 is 15.0 Å². The van der Waals surface area contributed by atoms with Gasteiger partial charge in [-0.25, -0.2) is 14.4 Å². The number of likely N-dealkylation sites (tertiary alicyclic amines) is 1. The maximum Gasteiger partial charge on any atom is 0.316 e. The largest absolute Gasteiger partial charge is 0.467 e. The normalized spacial score (nSPS) is 20.2. The van der Waals surface area contributed by atoms with Gasteiger partial charge in [0.05, 0.1) is 43.2 Å². The molecule has 2 aliphatic rings. The number of pyridine rings is 1. The molecule has 1 spiro atoms. The second-order valence-electron chi connectivity index (χ2n) is 8.96. The van der Waals surface area contributed by atoms with E-state index in [-0.39, 0.29) is 23.2 Å². The average Bonchev–Trinajstić information content (AvgIpc) is 3.44. The van der Waals surface area contributed by atoms with E-state index in [4.69, 9.17) is 9.72 Å². The van der Waals surface area contributed by atoms with Gasteiger partial charge in [-0.2, -0.15) is 9.78 Å². The van der Waals surface area contributed by atoms with Gasteiger partial charge >= 0.3 is 6.01 Å². The molecule has 11 nitrogen and oxygen atoms in total. The number of carbonyl (C=O) groups is 1. The highest BCUT2D eigenvalue weighted by atomic mass is 19.1. The van der Waals surface area contributed by atoms with Crippen LogP contribution in [0.2, 0.25) is 0 Å². The third-order valence-electron chi connectivity index (χ3n) is 6.68. The zero-order valence-electron chi connectivity index (χ0n) is 19.5. The lowest BCUT2D eigenvalue weighted by atomic mass is 9.86. The molecule has 5 rings (SSSR count). The molecule has 5 heterocycles. The van der Waals surface area contributed by atoms with Crippen LogP contribution in [0.25, 0.3) is 11.4 Å². The Labute approximate surface area is 195 Å². The lowest BCUT2D eigenvalue weighted by Gasteiger charge is -2.36. The van der Waals surface area contributed by atoms with Gasteiger partial charge in [0.2, 0.25) is 11.7 Å². The van der Waals surface area contributed by atoms with Crippen molar-refractivity contribution in [3.63, 3.8) is 0 Å². The molecule has 0 unspecified atom stereocenters. The second kappa shape index (κ2) is 8.26. The quantitative estimate of drug-likeness (QED) is 0.610. The molecule has 34 heavy (non-hydrogen) atoms. The number of ether oxygens (including phenoxy) is 1. The smallest absolute Gasteiger partial charge is 0.316 e. The van der Waals surface area contributed by atoms with Crippen molar-refractivity contribution in [1.82, 2.24) is 40.1 Å². The van der Waals surface area contributed by atoms with Crippen LogP contribution in [0.4, 0.5) is 10.2 Å². The molecule has 178 valence electrons. The minimum atomic E-state index is -0.745. The summed E-state index contributed by atoms with van der Waals surface area (Å²) in [5.41, 5.74) is 2.54. The van der Waals surface area contributed by atoms with E-state index in [9.17, 15) is 9.18 Å². The van der Waals surface area contributed by atoms with Crippen molar-refractivity contribution in [2.45, 2.75) is 44.6 Å². The van der Waals surface area contributed by atoms with Crippen LogP contribution in [0.5, 0.6) is 6.01 Å². The van der Waals surface area contributed by atoms with Crippen LogP contribution in [0.15, 0.2) is 12.3 Å². The summed E-state index contributed by atoms with van der Waals surface area (Å²) in [6, 6.07) is 2.11. The summed E-state index contributed by atoms with van der Waals surface area (Å²) in [7, 11) is 3.13. The molecule has 3 aromatic heterocycles. The summed E-state index contributed by atoms with van der Waals surface area (Å²) in [4.78, 5) is 29.0. The molecule has 0 radical (unpaired) electrons. The number of fused-ring (bicyclic) bond motifs is 1. The van der Waals surface area contributed by atoms with Gasteiger partial charge in [-0.05, 0) is 50.0 Å². The lowest BCUT2D eigenvalue weighted by Crippen LogP contribution is -2.46. The Balaban J connectivity index is 1.33. The maximum atomic E-state index is 14.3. The molecular weight excluding hydrogens is 441 g/mol. The van der Waals surface area contributed by atoms with Crippen molar-refractivity contribution in [3.8, 4) is 17.4 Å². The van der Waals surface area contributed by atoms with Crippen molar-refractivity contribution < 1.29 is 13.9 Å². The highest BCUT2D eigenvalue weighted by Gasteiger charge is 2.43. The molecule has 1 fully saturated rings. The van der Waals surface area contributed by atoms with E-state index in [0.29, 0.717) is 18.9 Å². The number of nitrogens with one attached hydrogen (secondary N) is 1. The Hall–Kier alpha value is -3.70. The molecular formula is C22H26FN9O2. The number of nitrogens with zero attached hydrogens (tertiary/aromatic N) is 8. The Bertz CT molecular complexity index is 1260. The Morgan fingerprint density at radius 3 is 2.88 bits per heavy atom. The van der Waals surface area contributed by atoms with Crippen molar-refractivity contribution in [2.75, 3.05) is 25.5 Å². The number of aryl methyl sites for hydroxylation is 3. The SMILES string of the molecule is COc1ncc(F)c([C@@H](C)C(=O)N2CC[C@@]3(CCc4cc(-c5nnn(C)n5)c(C)nc4N3)C2)n1. The minimum Gasteiger partial charge on any atom is -0.467 e. The molecule has 1 saturated heterocycles. The third-order valence-corrected chi connectivity index (χ3v) is 6.68.